The maximum Gasteiger partial charge on any atom is 0.269 e. The average Bonchev–Trinajstić information content (AvgIpc) is 3.25. The molecule has 0 amide bonds. The Bertz CT molecular complexity index is 1010. The number of nitro groups is 1. The highest BCUT2D eigenvalue weighted by Gasteiger charge is 2.32. The van der Waals surface area contributed by atoms with Crippen LogP contribution >= 0.6 is 0 Å². The van der Waals surface area contributed by atoms with Gasteiger partial charge in [-0.05, 0) is 35.1 Å². The lowest BCUT2D eigenvalue weighted by atomic mass is 9.93. The molecular formula is C26H27N3O2. The first-order valence-corrected chi connectivity index (χ1v) is 11.0. The third-order valence-electron chi connectivity index (χ3n) is 6.76. The molecule has 1 saturated heterocycles. The molecular weight excluding hydrogens is 386 g/mol. The van der Waals surface area contributed by atoms with Gasteiger partial charge in [-0.3, -0.25) is 19.9 Å². The van der Waals surface area contributed by atoms with E-state index in [1.54, 1.807) is 12.1 Å². The van der Waals surface area contributed by atoms with Gasteiger partial charge in [0.2, 0.25) is 0 Å². The second kappa shape index (κ2) is 8.61. The molecule has 1 fully saturated rings. The summed E-state index contributed by atoms with van der Waals surface area (Å²) in [6, 6.07) is 27.7. The van der Waals surface area contributed by atoms with Crippen LogP contribution in [0.15, 0.2) is 78.9 Å². The molecule has 0 atom stereocenters. The van der Waals surface area contributed by atoms with Crippen molar-refractivity contribution in [2.45, 2.75) is 38.0 Å². The smallest absolute Gasteiger partial charge is 0.269 e. The molecule has 5 nitrogen and oxygen atoms in total. The Morgan fingerprint density at radius 2 is 1.39 bits per heavy atom. The Morgan fingerprint density at radius 1 is 0.806 bits per heavy atom. The fourth-order valence-electron chi connectivity index (χ4n) is 5.17. The summed E-state index contributed by atoms with van der Waals surface area (Å²) < 4.78 is 0. The van der Waals surface area contributed by atoms with E-state index in [-0.39, 0.29) is 16.7 Å². The normalized spacial score (nSPS) is 17.7. The Morgan fingerprint density at radius 3 is 1.97 bits per heavy atom. The van der Waals surface area contributed by atoms with Crippen molar-refractivity contribution in [3.05, 3.63) is 111 Å². The number of benzene rings is 3. The van der Waals surface area contributed by atoms with Gasteiger partial charge in [-0.15, -0.1) is 0 Å². The van der Waals surface area contributed by atoms with Crippen LogP contribution in [0.25, 0.3) is 0 Å². The number of hydrogen-bond donors (Lipinski definition) is 0. The molecule has 2 aliphatic heterocycles. The summed E-state index contributed by atoms with van der Waals surface area (Å²) in [7, 11) is 0. The van der Waals surface area contributed by atoms with Gasteiger partial charge in [0.05, 0.1) is 11.0 Å². The summed E-state index contributed by atoms with van der Waals surface area (Å²) in [5.41, 5.74) is 5.23. The molecule has 0 aliphatic carbocycles. The van der Waals surface area contributed by atoms with E-state index in [1.807, 2.05) is 6.07 Å². The molecule has 2 heterocycles. The largest absolute Gasteiger partial charge is 0.292 e. The Kier molecular flexibility index (Phi) is 5.53. The van der Waals surface area contributed by atoms with Gasteiger partial charge in [0, 0.05) is 44.4 Å². The summed E-state index contributed by atoms with van der Waals surface area (Å²) in [4.78, 5) is 15.9. The van der Waals surface area contributed by atoms with Crippen LogP contribution < -0.4 is 0 Å². The molecule has 3 aromatic rings. The number of likely N-dealkylation sites (tertiary alicyclic amines) is 1. The van der Waals surface area contributed by atoms with E-state index in [4.69, 9.17) is 0 Å². The van der Waals surface area contributed by atoms with Crippen molar-refractivity contribution in [2.24, 2.45) is 0 Å². The quantitative estimate of drug-likeness (QED) is 0.428. The Hall–Kier alpha value is -3.02. The van der Waals surface area contributed by atoms with Crippen LogP contribution in [0.4, 0.5) is 5.69 Å². The zero-order chi connectivity index (χ0) is 21.2. The van der Waals surface area contributed by atoms with E-state index in [2.05, 4.69) is 70.5 Å². The van der Waals surface area contributed by atoms with Gasteiger partial charge in [0.25, 0.3) is 5.69 Å². The van der Waals surface area contributed by atoms with Crippen LogP contribution in [0.1, 0.15) is 41.1 Å². The van der Waals surface area contributed by atoms with E-state index in [0.29, 0.717) is 6.04 Å². The molecule has 31 heavy (non-hydrogen) atoms. The minimum absolute atomic E-state index is 0.198. The van der Waals surface area contributed by atoms with Crippen molar-refractivity contribution in [3.63, 3.8) is 0 Å². The minimum atomic E-state index is -0.297. The fraction of sp³-hybridized carbons (Fsp3) is 0.308. The van der Waals surface area contributed by atoms with Crippen molar-refractivity contribution in [2.75, 3.05) is 13.1 Å². The summed E-state index contributed by atoms with van der Waals surface area (Å²) in [5, 5.41) is 11.1. The number of hydrogen-bond acceptors (Lipinski definition) is 4. The molecule has 0 bridgehead atoms. The molecule has 3 aromatic carbocycles. The predicted molar refractivity (Wildman–Crippen MR) is 122 cm³/mol. The number of nitro benzene ring substituents is 1. The molecule has 0 radical (unpaired) electrons. The summed E-state index contributed by atoms with van der Waals surface area (Å²) in [6.45, 7) is 3.82. The van der Waals surface area contributed by atoms with Crippen molar-refractivity contribution in [3.8, 4) is 0 Å². The monoisotopic (exact) mass is 413 g/mol. The summed E-state index contributed by atoms with van der Waals surface area (Å²) >= 11 is 0. The van der Waals surface area contributed by atoms with Gasteiger partial charge in [0.15, 0.2) is 0 Å². The first-order valence-electron chi connectivity index (χ1n) is 11.0. The standard InChI is InChI=1S/C26H27N3O2/c30-29(31)25-12-11-22-18-28(19-23(22)17-25)24-13-15-27(16-14-24)26(20-7-3-1-4-8-20)21-9-5-2-6-10-21/h1-12,17,24,26H,13-16,18-19H2. The summed E-state index contributed by atoms with van der Waals surface area (Å²) in [5.74, 6) is 0. The van der Waals surface area contributed by atoms with Crippen LogP contribution in [0.2, 0.25) is 0 Å². The van der Waals surface area contributed by atoms with Crippen molar-refractivity contribution < 1.29 is 4.92 Å². The van der Waals surface area contributed by atoms with Gasteiger partial charge in [-0.2, -0.15) is 0 Å². The van der Waals surface area contributed by atoms with E-state index in [9.17, 15) is 10.1 Å². The van der Waals surface area contributed by atoms with Gasteiger partial charge in [-0.25, -0.2) is 0 Å². The van der Waals surface area contributed by atoms with Crippen LogP contribution in [0, 0.1) is 10.1 Å². The SMILES string of the molecule is O=[N+]([O-])c1ccc2c(c1)CN(C1CCN(C(c3ccccc3)c3ccccc3)CC1)C2. The second-order valence-electron chi connectivity index (χ2n) is 8.61. The first kappa shape index (κ1) is 19.9. The predicted octanol–water partition coefficient (Wildman–Crippen LogP) is 5.16. The molecule has 0 aromatic heterocycles. The molecule has 2 aliphatic rings. The third-order valence-corrected chi connectivity index (χ3v) is 6.76. The van der Waals surface area contributed by atoms with Crippen molar-refractivity contribution >= 4 is 5.69 Å². The van der Waals surface area contributed by atoms with Gasteiger partial charge in [-0.1, -0.05) is 66.7 Å². The number of fused-ring (bicyclic) bond motifs is 1. The number of non-ortho nitro benzene ring substituents is 1. The molecule has 0 N–H and O–H groups in total. The third kappa shape index (κ3) is 4.11. The lowest BCUT2D eigenvalue weighted by Crippen LogP contribution is -2.44. The van der Waals surface area contributed by atoms with Gasteiger partial charge >= 0.3 is 0 Å². The maximum absolute atomic E-state index is 11.1. The topological polar surface area (TPSA) is 49.6 Å². The second-order valence-corrected chi connectivity index (χ2v) is 8.61. The van der Waals surface area contributed by atoms with Crippen LogP contribution in [0.5, 0.6) is 0 Å². The van der Waals surface area contributed by atoms with Crippen molar-refractivity contribution in [1.29, 1.82) is 0 Å². The highest BCUT2D eigenvalue weighted by molar-refractivity contribution is 5.42. The number of piperidine rings is 1. The van der Waals surface area contributed by atoms with Crippen LogP contribution in [-0.2, 0) is 13.1 Å². The Labute approximate surface area is 183 Å². The molecule has 5 heteroatoms. The zero-order valence-electron chi connectivity index (χ0n) is 17.6. The van der Waals surface area contributed by atoms with E-state index >= 15 is 0 Å². The first-order chi connectivity index (χ1) is 15.2. The lowest BCUT2D eigenvalue weighted by molar-refractivity contribution is -0.384. The molecule has 0 saturated carbocycles. The number of rotatable bonds is 5. The van der Waals surface area contributed by atoms with Crippen LogP contribution in [0.3, 0.4) is 0 Å². The zero-order valence-corrected chi connectivity index (χ0v) is 17.6. The van der Waals surface area contributed by atoms with Crippen LogP contribution in [-0.4, -0.2) is 33.9 Å². The van der Waals surface area contributed by atoms with Crippen molar-refractivity contribution in [1.82, 2.24) is 9.80 Å². The number of nitrogens with zero attached hydrogens (tertiary/aromatic N) is 3. The molecule has 0 spiro atoms. The van der Waals surface area contributed by atoms with Gasteiger partial charge in [0.1, 0.15) is 0 Å². The molecule has 5 rings (SSSR count). The van der Waals surface area contributed by atoms with E-state index < -0.39 is 0 Å². The maximum atomic E-state index is 11.1. The van der Waals surface area contributed by atoms with E-state index in [0.717, 1.165) is 44.6 Å². The molecule has 158 valence electrons. The average molecular weight is 414 g/mol. The lowest BCUT2D eigenvalue weighted by Gasteiger charge is -2.40. The highest BCUT2D eigenvalue weighted by Crippen LogP contribution is 2.34. The highest BCUT2D eigenvalue weighted by atomic mass is 16.6. The molecule has 0 unspecified atom stereocenters. The van der Waals surface area contributed by atoms with Gasteiger partial charge < -0.3 is 0 Å². The minimum Gasteiger partial charge on any atom is -0.292 e. The fourth-order valence-corrected chi connectivity index (χ4v) is 5.17. The Balaban J connectivity index is 1.29. The van der Waals surface area contributed by atoms with E-state index in [1.165, 1.54) is 16.7 Å². The summed E-state index contributed by atoms with van der Waals surface area (Å²) in [6.07, 6.45) is 2.23.